The number of nitro groups is 1. The monoisotopic (exact) mass is 377 g/mol. The van der Waals surface area contributed by atoms with E-state index in [9.17, 15) is 23.3 Å². The molecule has 2 aromatic rings. The van der Waals surface area contributed by atoms with E-state index in [4.69, 9.17) is 0 Å². The van der Waals surface area contributed by atoms with Crippen LogP contribution in [0.15, 0.2) is 59.5 Å². The predicted molar refractivity (Wildman–Crippen MR) is 96.1 cm³/mol. The van der Waals surface area contributed by atoms with Gasteiger partial charge in [-0.2, -0.15) is 4.31 Å². The average molecular weight is 377 g/mol. The topological polar surface area (TPSA) is 110 Å². The number of nitro benzene ring substituents is 1. The van der Waals surface area contributed by atoms with Crippen molar-refractivity contribution < 1.29 is 18.1 Å². The molecule has 0 heterocycles. The Morgan fingerprint density at radius 3 is 2.50 bits per heavy atom. The first-order valence-corrected chi connectivity index (χ1v) is 9.26. The van der Waals surface area contributed by atoms with Gasteiger partial charge in [0.25, 0.3) is 5.69 Å². The highest BCUT2D eigenvalue weighted by Gasteiger charge is 2.24. The molecule has 1 N–H and O–H groups in total. The van der Waals surface area contributed by atoms with Gasteiger partial charge in [-0.1, -0.05) is 36.4 Å². The van der Waals surface area contributed by atoms with Gasteiger partial charge in [0, 0.05) is 25.7 Å². The number of likely N-dealkylation sites (N-methyl/N-ethyl adjacent to an activating group) is 1. The van der Waals surface area contributed by atoms with Crippen LogP contribution in [-0.4, -0.2) is 43.7 Å². The summed E-state index contributed by atoms with van der Waals surface area (Å²) < 4.78 is 25.8. The van der Waals surface area contributed by atoms with E-state index in [0.717, 1.165) is 15.9 Å². The normalized spacial score (nSPS) is 11.3. The van der Waals surface area contributed by atoms with Gasteiger partial charge in [-0.3, -0.25) is 14.9 Å². The van der Waals surface area contributed by atoms with Gasteiger partial charge in [0.15, 0.2) is 0 Å². The van der Waals surface area contributed by atoms with Crippen molar-refractivity contribution in [3.8, 4) is 0 Å². The van der Waals surface area contributed by atoms with Crippen LogP contribution in [0.2, 0.25) is 0 Å². The fourth-order valence-electron chi connectivity index (χ4n) is 2.27. The third-order valence-corrected chi connectivity index (χ3v) is 5.48. The van der Waals surface area contributed by atoms with Crippen LogP contribution < -0.4 is 5.32 Å². The van der Waals surface area contributed by atoms with E-state index in [1.165, 1.54) is 25.2 Å². The molecule has 0 aliphatic carbocycles. The number of hydrogen-bond acceptors (Lipinski definition) is 5. The quantitative estimate of drug-likeness (QED) is 0.555. The minimum absolute atomic E-state index is 0.230. The highest BCUT2D eigenvalue weighted by molar-refractivity contribution is 7.89. The van der Waals surface area contributed by atoms with Crippen molar-refractivity contribution in [1.29, 1.82) is 0 Å². The molecular formula is C17H19N3O5S. The molecule has 0 unspecified atom stereocenters. The zero-order valence-electron chi connectivity index (χ0n) is 14.2. The highest BCUT2D eigenvalue weighted by atomic mass is 32.2. The minimum Gasteiger partial charge on any atom is -0.355 e. The van der Waals surface area contributed by atoms with Gasteiger partial charge in [0.1, 0.15) is 0 Å². The number of nitrogens with one attached hydrogen (secondary N) is 1. The van der Waals surface area contributed by atoms with Crippen LogP contribution in [0.5, 0.6) is 0 Å². The summed E-state index contributed by atoms with van der Waals surface area (Å²) in [7, 11) is -2.74. The lowest BCUT2D eigenvalue weighted by molar-refractivity contribution is -0.385. The van der Waals surface area contributed by atoms with E-state index in [2.05, 4.69) is 5.32 Å². The van der Waals surface area contributed by atoms with Gasteiger partial charge < -0.3 is 5.32 Å². The van der Waals surface area contributed by atoms with Crippen LogP contribution in [0.4, 0.5) is 5.69 Å². The van der Waals surface area contributed by atoms with Gasteiger partial charge in [-0.15, -0.1) is 0 Å². The molecule has 0 spiro atoms. The van der Waals surface area contributed by atoms with Crippen molar-refractivity contribution in [2.24, 2.45) is 0 Å². The summed E-state index contributed by atoms with van der Waals surface area (Å²) in [5.74, 6) is -0.447. The van der Waals surface area contributed by atoms with E-state index in [1.807, 2.05) is 30.3 Å². The van der Waals surface area contributed by atoms with Gasteiger partial charge in [0.2, 0.25) is 15.9 Å². The molecule has 0 saturated carbocycles. The Kier molecular flexibility index (Phi) is 6.42. The van der Waals surface area contributed by atoms with Crippen LogP contribution in [-0.2, 0) is 21.2 Å². The molecule has 0 bridgehead atoms. The Balaban J connectivity index is 1.94. The second kappa shape index (κ2) is 8.54. The van der Waals surface area contributed by atoms with Crippen LogP contribution in [0.1, 0.15) is 5.56 Å². The molecular weight excluding hydrogens is 358 g/mol. The zero-order chi connectivity index (χ0) is 19.2. The molecule has 26 heavy (non-hydrogen) atoms. The number of sulfonamides is 1. The molecule has 2 aromatic carbocycles. The van der Waals surface area contributed by atoms with E-state index in [0.29, 0.717) is 13.0 Å². The minimum atomic E-state index is -4.00. The van der Waals surface area contributed by atoms with E-state index in [-0.39, 0.29) is 17.1 Å². The second-order valence-corrected chi connectivity index (χ2v) is 7.65. The standard InChI is InChI=1S/C17H19N3O5S/c1-19(13-17(21)18-11-10-14-6-3-2-4-7-14)26(24,25)16-9-5-8-15(12-16)20(22)23/h2-9,12H,10-11,13H2,1H3,(H,18,21). The summed E-state index contributed by atoms with van der Waals surface area (Å²) in [5, 5.41) is 13.5. The van der Waals surface area contributed by atoms with Crippen molar-refractivity contribution in [2.75, 3.05) is 20.1 Å². The molecule has 0 aliphatic heterocycles. The van der Waals surface area contributed by atoms with E-state index in [1.54, 1.807) is 0 Å². The predicted octanol–water partition coefficient (Wildman–Crippen LogP) is 1.57. The largest absolute Gasteiger partial charge is 0.355 e. The Morgan fingerprint density at radius 1 is 1.15 bits per heavy atom. The zero-order valence-corrected chi connectivity index (χ0v) is 15.0. The molecule has 0 aromatic heterocycles. The van der Waals surface area contributed by atoms with Gasteiger partial charge in [-0.05, 0) is 18.1 Å². The fourth-order valence-corrected chi connectivity index (χ4v) is 3.44. The molecule has 0 atom stereocenters. The Hall–Kier alpha value is -2.78. The van der Waals surface area contributed by atoms with Crippen molar-refractivity contribution in [3.05, 3.63) is 70.3 Å². The molecule has 8 nitrogen and oxygen atoms in total. The number of amides is 1. The van der Waals surface area contributed by atoms with Crippen LogP contribution in [0, 0.1) is 10.1 Å². The first kappa shape index (κ1) is 19.5. The SMILES string of the molecule is CN(CC(=O)NCCc1ccccc1)S(=O)(=O)c1cccc([N+](=O)[O-])c1. The molecule has 0 fully saturated rings. The second-order valence-electron chi connectivity index (χ2n) is 5.60. The highest BCUT2D eigenvalue weighted by Crippen LogP contribution is 2.19. The smallest absolute Gasteiger partial charge is 0.270 e. The fraction of sp³-hybridized carbons (Fsp3) is 0.235. The van der Waals surface area contributed by atoms with E-state index >= 15 is 0 Å². The van der Waals surface area contributed by atoms with Gasteiger partial charge in [0.05, 0.1) is 16.4 Å². The van der Waals surface area contributed by atoms with Gasteiger partial charge >= 0.3 is 0 Å². The molecule has 9 heteroatoms. The molecule has 2 rings (SSSR count). The summed E-state index contributed by atoms with van der Waals surface area (Å²) in [5.41, 5.74) is 0.733. The molecule has 1 amide bonds. The van der Waals surface area contributed by atoms with Gasteiger partial charge in [-0.25, -0.2) is 8.42 Å². The number of carbonyl (C=O) groups excluding carboxylic acids is 1. The number of rotatable bonds is 8. The summed E-state index contributed by atoms with van der Waals surface area (Å²) in [6.45, 7) is 0.00730. The first-order valence-electron chi connectivity index (χ1n) is 7.82. The number of hydrogen-bond donors (Lipinski definition) is 1. The maximum absolute atomic E-state index is 12.5. The Bertz CT molecular complexity index is 884. The van der Waals surface area contributed by atoms with E-state index < -0.39 is 20.9 Å². The average Bonchev–Trinajstić information content (AvgIpc) is 2.62. The lowest BCUT2D eigenvalue weighted by Crippen LogP contribution is -2.39. The Morgan fingerprint density at radius 2 is 1.85 bits per heavy atom. The third-order valence-electron chi connectivity index (χ3n) is 3.68. The van der Waals surface area contributed by atoms with Crippen LogP contribution >= 0.6 is 0 Å². The Labute approximate surface area is 151 Å². The molecule has 0 aliphatic rings. The van der Waals surface area contributed by atoms with Crippen molar-refractivity contribution in [3.63, 3.8) is 0 Å². The molecule has 0 radical (unpaired) electrons. The molecule has 138 valence electrons. The summed E-state index contributed by atoms with van der Waals surface area (Å²) in [6, 6.07) is 14.3. The van der Waals surface area contributed by atoms with Crippen molar-refractivity contribution >= 4 is 21.6 Å². The van der Waals surface area contributed by atoms with Crippen molar-refractivity contribution in [1.82, 2.24) is 9.62 Å². The maximum atomic E-state index is 12.5. The lowest BCUT2D eigenvalue weighted by atomic mass is 10.1. The molecule has 0 saturated heterocycles. The summed E-state index contributed by atoms with van der Waals surface area (Å²) in [6.07, 6.45) is 0.633. The summed E-state index contributed by atoms with van der Waals surface area (Å²) >= 11 is 0. The first-order chi connectivity index (χ1) is 12.3. The van der Waals surface area contributed by atoms with Crippen LogP contribution in [0.3, 0.4) is 0 Å². The number of non-ortho nitro benzene ring substituents is 1. The number of carbonyl (C=O) groups is 1. The maximum Gasteiger partial charge on any atom is 0.270 e. The summed E-state index contributed by atoms with van der Waals surface area (Å²) in [4.78, 5) is 21.9. The lowest BCUT2D eigenvalue weighted by Gasteiger charge is -2.16. The van der Waals surface area contributed by atoms with Crippen LogP contribution in [0.25, 0.3) is 0 Å². The number of benzene rings is 2. The number of nitrogens with zero attached hydrogens (tertiary/aromatic N) is 2. The third kappa shape index (κ3) is 5.11. The van der Waals surface area contributed by atoms with Crippen molar-refractivity contribution in [2.45, 2.75) is 11.3 Å².